The van der Waals surface area contributed by atoms with Gasteiger partial charge in [-0.2, -0.15) is 0 Å². The van der Waals surface area contributed by atoms with E-state index in [1.807, 2.05) is 13.8 Å². The monoisotopic (exact) mass is 296 g/mol. The fourth-order valence-corrected chi connectivity index (χ4v) is 3.95. The van der Waals surface area contributed by atoms with Gasteiger partial charge in [0.1, 0.15) is 5.41 Å². The predicted octanol–water partition coefficient (Wildman–Crippen LogP) is 4.25. The standard InChI is InChI=1S/C17H28O4/c1-4-9-12(3)14(15(18)19)17(5-2,16(20)21)13-10-7-6-8-11-13/h13H,4-11H2,1-3H3,(H,18,19)(H,20,21). The van der Waals surface area contributed by atoms with E-state index in [0.29, 0.717) is 12.8 Å². The first-order chi connectivity index (χ1) is 9.91. The molecule has 0 amide bonds. The second-order valence-electron chi connectivity index (χ2n) is 6.18. The highest BCUT2D eigenvalue weighted by molar-refractivity contribution is 5.97. The van der Waals surface area contributed by atoms with Gasteiger partial charge in [-0.05, 0) is 38.5 Å². The van der Waals surface area contributed by atoms with E-state index in [2.05, 4.69) is 0 Å². The molecule has 2 N–H and O–H groups in total. The Hall–Kier alpha value is -1.32. The van der Waals surface area contributed by atoms with Gasteiger partial charge < -0.3 is 10.2 Å². The van der Waals surface area contributed by atoms with E-state index >= 15 is 0 Å². The average Bonchev–Trinajstić information content (AvgIpc) is 2.44. The van der Waals surface area contributed by atoms with Gasteiger partial charge in [-0.25, -0.2) is 4.79 Å². The van der Waals surface area contributed by atoms with Crippen LogP contribution in [0.25, 0.3) is 0 Å². The van der Waals surface area contributed by atoms with Crippen molar-refractivity contribution in [3.05, 3.63) is 11.1 Å². The second kappa shape index (κ2) is 7.62. The molecule has 0 aromatic carbocycles. The molecule has 0 spiro atoms. The van der Waals surface area contributed by atoms with Crippen LogP contribution in [0.15, 0.2) is 11.1 Å². The van der Waals surface area contributed by atoms with Gasteiger partial charge >= 0.3 is 11.9 Å². The smallest absolute Gasteiger partial charge is 0.332 e. The minimum atomic E-state index is -1.23. The Morgan fingerprint density at radius 2 is 1.67 bits per heavy atom. The molecule has 0 aromatic rings. The summed E-state index contributed by atoms with van der Waals surface area (Å²) in [5.74, 6) is -2.09. The molecule has 0 aliphatic heterocycles. The Morgan fingerprint density at radius 3 is 2.05 bits per heavy atom. The number of carbonyl (C=O) groups is 2. The highest BCUT2D eigenvalue weighted by Gasteiger charge is 2.50. The van der Waals surface area contributed by atoms with Gasteiger partial charge in [0.15, 0.2) is 0 Å². The van der Waals surface area contributed by atoms with E-state index in [0.717, 1.165) is 44.1 Å². The summed E-state index contributed by atoms with van der Waals surface area (Å²) in [6.45, 7) is 5.58. The molecule has 0 radical (unpaired) electrons. The maximum Gasteiger partial charge on any atom is 0.332 e. The Kier molecular flexibility index (Phi) is 6.43. The minimum absolute atomic E-state index is 0.0633. The molecule has 0 heterocycles. The molecule has 120 valence electrons. The zero-order chi connectivity index (χ0) is 16.0. The van der Waals surface area contributed by atoms with Crippen LogP contribution in [0.4, 0.5) is 0 Å². The lowest BCUT2D eigenvalue weighted by Gasteiger charge is -2.40. The number of carboxylic acids is 2. The molecule has 1 saturated carbocycles. The van der Waals surface area contributed by atoms with Crippen molar-refractivity contribution in [3.63, 3.8) is 0 Å². The summed E-state index contributed by atoms with van der Waals surface area (Å²) < 4.78 is 0. The number of carboxylic acid groups (broad SMARTS) is 2. The van der Waals surface area contributed by atoms with Crippen molar-refractivity contribution in [2.75, 3.05) is 0 Å². The average molecular weight is 296 g/mol. The van der Waals surface area contributed by atoms with Gasteiger partial charge in [-0.3, -0.25) is 4.79 Å². The normalized spacial score (nSPS) is 20.5. The first-order valence-corrected chi connectivity index (χ1v) is 8.08. The van der Waals surface area contributed by atoms with Gasteiger partial charge in [0.2, 0.25) is 0 Å². The van der Waals surface area contributed by atoms with Crippen molar-refractivity contribution in [1.82, 2.24) is 0 Å². The van der Waals surface area contributed by atoms with E-state index < -0.39 is 17.4 Å². The van der Waals surface area contributed by atoms with E-state index in [-0.39, 0.29) is 11.5 Å². The summed E-state index contributed by atoms with van der Waals surface area (Å²) in [4.78, 5) is 24.0. The molecule has 1 rings (SSSR count). The molecule has 4 heteroatoms. The largest absolute Gasteiger partial charge is 0.481 e. The van der Waals surface area contributed by atoms with Crippen LogP contribution in [0.3, 0.4) is 0 Å². The van der Waals surface area contributed by atoms with Gasteiger partial charge in [-0.15, -0.1) is 0 Å². The van der Waals surface area contributed by atoms with E-state index in [9.17, 15) is 19.8 Å². The van der Waals surface area contributed by atoms with Crippen LogP contribution in [-0.2, 0) is 9.59 Å². The van der Waals surface area contributed by atoms with Crippen molar-refractivity contribution in [1.29, 1.82) is 0 Å². The number of rotatable bonds is 7. The fraction of sp³-hybridized carbons (Fsp3) is 0.765. The first-order valence-electron chi connectivity index (χ1n) is 8.08. The summed E-state index contributed by atoms with van der Waals surface area (Å²) in [7, 11) is 0. The Balaban J connectivity index is 3.42. The SMILES string of the molecule is CCCC(C)=C(C(=O)O)C(CC)(C(=O)O)C1CCCCC1. The Morgan fingerprint density at radius 1 is 1.10 bits per heavy atom. The third-order valence-corrected chi connectivity index (χ3v) is 4.95. The topological polar surface area (TPSA) is 74.6 Å². The minimum Gasteiger partial charge on any atom is -0.481 e. The lowest BCUT2D eigenvalue weighted by Crippen LogP contribution is -2.44. The van der Waals surface area contributed by atoms with E-state index in [1.54, 1.807) is 6.92 Å². The third kappa shape index (κ3) is 3.47. The van der Waals surface area contributed by atoms with Crippen molar-refractivity contribution < 1.29 is 19.8 Å². The molecule has 1 atom stereocenters. The highest BCUT2D eigenvalue weighted by atomic mass is 16.4. The van der Waals surface area contributed by atoms with Crippen molar-refractivity contribution >= 4 is 11.9 Å². The Bertz CT molecular complexity index is 419. The summed E-state index contributed by atoms with van der Waals surface area (Å²) in [5, 5.41) is 19.6. The second-order valence-corrected chi connectivity index (χ2v) is 6.18. The fourth-order valence-electron chi connectivity index (χ4n) is 3.95. The number of allylic oxidation sites excluding steroid dienone is 1. The first kappa shape index (κ1) is 17.7. The molecule has 0 bridgehead atoms. The van der Waals surface area contributed by atoms with Crippen molar-refractivity contribution in [2.45, 2.75) is 72.1 Å². The maximum atomic E-state index is 12.1. The molecular weight excluding hydrogens is 268 g/mol. The van der Waals surface area contributed by atoms with E-state index in [4.69, 9.17) is 0 Å². The number of hydrogen-bond acceptors (Lipinski definition) is 2. The number of hydrogen-bond donors (Lipinski definition) is 2. The molecule has 4 nitrogen and oxygen atoms in total. The summed E-state index contributed by atoms with van der Waals surface area (Å²) in [6, 6.07) is 0. The van der Waals surface area contributed by atoms with Crippen LogP contribution >= 0.6 is 0 Å². The van der Waals surface area contributed by atoms with Crippen LogP contribution in [-0.4, -0.2) is 22.2 Å². The van der Waals surface area contributed by atoms with Gasteiger partial charge in [0.25, 0.3) is 0 Å². The maximum absolute atomic E-state index is 12.1. The Labute approximate surface area is 127 Å². The third-order valence-electron chi connectivity index (χ3n) is 4.95. The van der Waals surface area contributed by atoms with E-state index in [1.165, 1.54) is 0 Å². The zero-order valence-corrected chi connectivity index (χ0v) is 13.4. The molecule has 0 aromatic heterocycles. The lowest BCUT2D eigenvalue weighted by molar-refractivity contribution is -0.154. The van der Waals surface area contributed by atoms with Crippen LogP contribution in [0.1, 0.15) is 72.1 Å². The van der Waals surface area contributed by atoms with Gasteiger partial charge in [0, 0.05) is 0 Å². The molecule has 1 unspecified atom stereocenters. The van der Waals surface area contributed by atoms with Crippen LogP contribution < -0.4 is 0 Å². The molecule has 0 saturated heterocycles. The van der Waals surface area contributed by atoms with Crippen LogP contribution in [0, 0.1) is 11.3 Å². The molecule has 1 aliphatic rings. The molecule has 1 fully saturated rings. The lowest BCUT2D eigenvalue weighted by atomic mass is 9.62. The van der Waals surface area contributed by atoms with Crippen LogP contribution in [0.5, 0.6) is 0 Å². The van der Waals surface area contributed by atoms with Gasteiger partial charge in [-0.1, -0.05) is 45.1 Å². The van der Waals surface area contributed by atoms with Crippen LogP contribution in [0.2, 0.25) is 0 Å². The highest BCUT2D eigenvalue weighted by Crippen LogP contribution is 2.48. The molecular formula is C17H28O4. The molecule has 21 heavy (non-hydrogen) atoms. The van der Waals surface area contributed by atoms with Crippen molar-refractivity contribution in [3.8, 4) is 0 Å². The molecule has 1 aliphatic carbocycles. The summed E-state index contributed by atoms with van der Waals surface area (Å²) in [6.07, 6.45) is 6.56. The quantitative estimate of drug-likeness (QED) is 0.689. The summed E-state index contributed by atoms with van der Waals surface area (Å²) in [5.41, 5.74) is -0.364. The predicted molar refractivity (Wildman–Crippen MR) is 82.2 cm³/mol. The summed E-state index contributed by atoms with van der Waals surface area (Å²) >= 11 is 0. The zero-order valence-electron chi connectivity index (χ0n) is 13.4. The van der Waals surface area contributed by atoms with Gasteiger partial charge in [0.05, 0.1) is 5.57 Å². The van der Waals surface area contributed by atoms with Crippen molar-refractivity contribution in [2.24, 2.45) is 11.3 Å². The number of aliphatic carboxylic acids is 2.